The lowest BCUT2D eigenvalue weighted by Gasteiger charge is -2.21. The highest BCUT2D eigenvalue weighted by Crippen LogP contribution is 2.30. The third-order valence-electron chi connectivity index (χ3n) is 2.79. The first-order valence-electron chi connectivity index (χ1n) is 6.34. The third-order valence-corrected chi connectivity index (χ3v) is 4.61. The number of hydrogen-bond acceptors (Lipinski definition) is 3. The van der Waals surface area contributed by atoms with Crippen molar-refractivity contribution in [3.05, 3.63) is 36.4 Å². The number of methoxy groups -OCH3 is 1. The van der Waals surface area contributed by atoms with Crippen LogP contribution in [0.25, 0.3) is 10.8 Å². The molecule has 0 fully saturated rings. The Hall–Kier alpha value is -1.59. The maximum Gasteiger partial charge on any atom is 0.241 e. The van der Waals surface area contributed by atoms with E-state index in [2.05, 4.69) is 4.72 Å². The minimum atomic E-state index is -3.58. The van der Waals surface area contributed by atoms with Crippen molar-refractivity contribution in [2.45, 2.75) is 31.2 Å². The van der Waals surface area contributed by atoms with Gasteiger partial charge in [0.1, 0.15) is 5.75 Å². The second-order valence-corrected chi connectivity index (χ2v) is 7.32. The molecule has 0 bridgehead atoms. The van der Waals surface area contributed by atoms with Crippen molar-refractivity contribution < 1.29 is 13.2 Å². The normalized spacial score (nSPS) is 12.6. The minimum Gasteiger partial charge on any atom is -0.496 e. The largest absolute Gasteiger partial charge is 0.496 e. The molecule has 0 aromatic heterocycles. The molecule has 0 heterocycles. The third kappa shape index (κ3) is 2.94. The summed E-state index contributed by atoms with van der Waals surface area (Å²) in [7, 11) is -2.00. The number of sulfonamides is 1. The quantitative estimate of drug-likeness (QED) is 0.946. The second-order valence-electron chi connectivity index (χ2n) is 5.67. The molecule has 0 unspecified atom stereocenters. The van der Waals surface area contributed by atoms with Crippen molar-refractivity contribution in [1.82, 2.24) is 4.72 Å². The molecule has 2 aromatic carbocycles. The van der Waals surface area contributed by atoms with Crippen LogP contribution in [0.1, 0.15) is 20.8 Å². The van der Waals surface area contributed by atoms with Gasteiger partial charge >= 0.3 is 0 Å². The van der Waals surface area contributed by atoms with Crippen LogP contribution in [-0.2, 0) is 10.0 Å². The number of benzene rings is 2. The molecule has 0 aliphatic heterocycles. The summed E-state index contributed by atoms with van der Waals surface area (Å²) in [6.07, 6.45) is 0. The fourth-order valence-electron chi connectivity index (χ4n) is 2.12. The average molecular weight is 293 g/mol. The predicted molar refractivity (Wildman–Crippen MR) is 80.6 cm³/mol. The zero-order valence-electron chi connectivity index (χ0n) is 12.1. The fraction of sp³-hybridized carbons (Fsp3) is 0.333. The number of hydrogen-bond donors (Lipinski definition) is 1. The van der Waals surface area contributed by atoms with Gasteiger partial charge in [-0.3, -0.25) is 0 Å². The van der Waals surface area contributed by atoms with E-state index in [4.69, 9.17) is 4.74 Å². The highest BCUT2D eigenvalue weighted by Gasteiger charge is 2.24. The average Bonchev–Trinajstić information content (AvgIpc) is 2.34. The molecule has 2 rings (SSSR count). The van der Waals surface area contributed by atoms with Crippen molar-refractivity contribution in [2.24, 2.45) is 0 Å². The number of fused-ring (bicyclic) bond motifs is 1. The van der Waals surface area contributed by atoms with Gasteiger partial charge in [-0.25, -0.2) is 13.1 Å². The van der Waals surface area contributed by atoms with Crippen LogP contribution in [0.3, 0.4) is 0 Å². The van der Waals surface area contributed by atoms with Crippen molar-refractivity contribution in [1.29, 1.82) is 0 Å². The van der Waals surface area contributed by atoms with E-state index in [1.54, 1.807) is 31.4 Å². The number of rotatable bonds is 3. The van der Waals surface area contributed by atoms with E-state index in [-0.39, 0.29) is 4.90 Å². The minimum absolute atomic E-state index is 0.267. The lowest BCUT2D eigenvalue weighted by Crippen LogP contribution is -2.40. The first-order valence-corrected chi connectivity index (χ1v) is 7.83. The van der Waals surface area contributed by atoms with Crippen LogP contribution in [0.5, 0.6) is 5.75 Å². The molecule has 0 saturated heterocycles. The van der Waals surface area contributed by atoms with Gasteiger partial charge in [0.05, 0.1) is 12.0 Å². The summed E-state index contributed by atoms with van der Waals surface area (Å²) in [6, 6.07) is 10.6. The molecule has 0 atom stereocenters. The zero-order valence-corrected chi connectivity index (χ0v) is 12.9. The lowest BCUT2D eigenvalue weighted by atomic mass is 10.1. The molecule has 0 radical (unpaired) electrons. The summed E-state index contributed by atoms with van der Waals surface area (Å²) in [5, 5.41) is 1.44. The van der Waals surface area contributed by atoms with E-state index >= 15 is 0 Å². The first-order chi connectivity index (χ1) is 9.24. The summed E-state index contributed by atoms with van der Waals surface area (Å²) in [6.45, 7) is 5.45. The van der Waals surface area contributed by atoms with Gasteiger partial charge in [-0.2, -0.15) is 0 Å². The first kappa shape index (κ1) is 14.8. The molecule has 5 heteroatoms. The lowest BCUT2D eigenvalue weighted by molar-refractivity contribution is 0.420. The predicted octanol–water partition coefficient (Wildman–Crippen LogP) is 2.93. The van der Waals surface area contributed by atoms with Crippen LogP contribution in [0.4, 0.5) is 0 Å². The smallest absolute Gasteiger partial charge is 0.241 e. The molecule has 0 aliphatic carbocycles. The van der Waals surface area contributed by atoms with E-state index in [0.29, 0.717) is 11.1 Å². The topological polar surface area (TPSA) is 55.4 Å². The molecule has 2 aromatic rings. The van der Waals surface area contributed by atoms with Crippen molar-refractivity contribution in [2.75, 3.05) is 7.11 Å². The molecular formula is C15H19NO3S. The summed E-state index contributed by atoms with van der Waals surface area (Å²) < 4.78 is 33.0. The summed E-state index contributed by atoms with van der Waals surface area (Å²) >= 11 is 0. The van der Waals surface area contributed by atoms with E-state index < -0.39 is 15.6 Å². The van der Waals surface area contributed by atoms with Gasteiger partial charge in [-0.1, -0.05) is 24.3 Å². The van der Waals surface area contributed by atoms with Gasteiger partial charge in [0, 0.05) is 16.3 Å². The van der Waals surface area contributed by atoms with Gasteiger partial charge in [-0.15, -0.1) is 0 Å². The molecule has 20 heavy (non-hydrogen) atoms. The van der Waals surface area contributed by atoms with Crippen LogP contribution in [0, 0.1) is 0 Å². The Labute approximate surface area is 119 Å². The maximum absolute atomic E-state index is 12.5. The van der Waals surface area contributed by atoms with E-state index in [0.717, 1.165) is 5.39 Å². The van der Waals surface area contributed by atoms with Crippen molar-refractivity contribution in [3.8, 4) is 5.75 Å². The molecular weight excluding hydrogens is 274 g/mol. The molecule has 0 amide bonds. The van der Waals surface area contributed by atoms with E-state index in [1.165, 1.54) is 0 Å². The Kier molecular flexibility index (Phi) is 3.75. The highest BCUT2D eigenvalue weighted by atomic mass is 32.2. The summed E-state index contributed by atoms with van der Waals surface area (Å²) in [4.78, 5) is 0.267. The molecule has 0 spiro atoms. The van der Waals surface area contributed by atoms with Crippen molar-refractivity contribution in [3.63, 3.8) is 0 Å². The Morgan fingerprint density at radius 1 is 1.00 bits per heavy atom. The maximum atomic E-state index is 12.5. The Bertz CT molecular complexity index is 730. The SMILES string of the molecule is COc1cccc2c(S(=O)(=O)NC(C)(C)C)cccc12. The monoisotopic (exact) mass is 293 g/mol. The van der Waals surface area contributed by atoms with E-state index in [1.807, 2.05) is 32.9 Å². The summed E-state index contributed by atoms with van der Waals surface area (Å²) in [5.41, 5.74) is -0.528. The van der Waals surface area contributed by atoms with Crippen molar-refractivity contribution >= 4 is 20.8 Å². The van der Waals surface area contributed by atoms with Gasteiger partial charge in [-0.05, 0) is 32.9 Å². The molecule has 1 N–H and O–H groups in total. The van der Waals surface area contributed by atoms with Gasteiger partial charge in [0.25, 0.3) is 0 Å². The van der Waals surface area contributed by atoms with Gasteiger partial charge in [0.15, 0.2) is 0 Å². The van der Waals surface area contributed by atoms with E-state index in [9.17, 15) is 8.42 Å². The van der Waals surface area contributed by atoms with Crippen LogP contribution in [0.15, 0.2) is 41.3 Å². The number of nitrogens with one attached hydrogen (secondary N) is 1. The standard InChI is InChI=1S/C15H19NO3S/c1-15(2,3)16-20(17,18)14-10-6-7-11-12(14)8-5-9-13(11)19-4/h5-10,16H,1-4H3. The molecule has 0 aliphatic rings. The summed E-state index contributed by atoms with van der Waals surface area (Å²) in [5.74, 6) is 0.662. The molecule has 4 nitrogen and oxygen atoms in total. The van der Waals surface area contributed by atoms with Gasteiger partial charge in [0.2, 0.25) is 10.0 Å². The number of ether oxygens (including phenoxy) is 1. The van der Waals surface area contributed by atoms with Crippen LogP contribution in [-0.4, -0.2) is 21.1 Å². The molecule has 108 valence electrons. The Morgan fingerprint density at radius 2 is 1.60 bits per heavy atom. The highest BCUT2D eigenvalue weighted by molar-refractivity contribution is 7.89. The Balaban J connectivity index is 2.67. The second kappa shape index (κ2) is 5.07. The Morgan fingerprint density at radius 3 is 2.20 bits per heavy atom. The van der Waals surface area contributed by atoms with Crippen LogP contribution >= 0.6 is 0 Å². The van der Waals surface area contributed by atoms with Crippen LogP contribution < -0.4 is 9.46 Å². The molecule has 0 saturated carbocycles. The zero-order chi connectivity index (χ0) is 15.0. The fourth-order valence-corrected chi connectivity index (χ4v) is 3.76. The van der Waals surface area contributed by atoms with Crippen LogP contribution in [0.2, 0.25) is 0 Å². The van der Waals surface area contributed by atoms with Gasteiger partial charge < -0.3 is 4.74 Å².